The molecule has 0 aliphatic heterocycles. The van der Waals surface area contributed by atoms with Gasteiger partial charge in [-0.15, -0.1) is 0 Å². The van der Waals surface area contributed by atoms with Crippen LogP contribution in [0, 0.1) is 20.2 Å². The van der Waals surface area contributed by atoms with Crippen LogP contribution in [0.2, 0.25) is 0 Å². The van der Waals surface area contributed by atoms with Crippen molar-refractivity contribution in [3.63, 3.8) is 0 Å². The molecule has 19 heavy (non-hydrogen) atoms. The van der Waals surface area contributed by atoms with Gasteiger partial charge in [0.1, 0.15) is 0 Å². The minimum atomic E-state index is -5.22. The van der Waals surface area contributed by atoms with E-state index in [0.717, 1.165) is 6.07 Å². The van der Waals surface area contributed by atoms with Crippen LogP contribution < -0.4 is 0 Å². The Morgan fingerprint density at radius 1 is 1.16 bits per heavy atom. The van der Waals surface area contributed by atoms with Crippen molar-refractivity contribution in [2.75, 3.05) is 0 Å². The van der Waals surface area contributed by atoms with Crippen molar-refractivity contribution in [2.45, 2.75) is 18.7 Å². The van der Waals surface area contributed by atoms with Crippen molar-refractivity contribution < 1.29 is 28.1 Å². The van der Waals surface area contributed by atoms with Gasteiger partial charge in [-0.05, 0) is 13.0 Å². The Morgan fingerprint density at radius 3 is 2.05 bits per heavy atom. The summed E-state index contributed by atoms with van der Waals surface area (Å²) in [6, 6.07) is 2.15. The van der Waals surface area contributed by atoms with Crippen molar-refractivity contribution in [2.24, 2.45) is 0 Å². The Bertz CT molecular complexity index is 541. The monoisotopic (exact) mass is 280 g/mol. The van der Waals surface area contributed by atoms with Crippen molar-refractivity contribution >= 4 is 11.4 Å². The fraction of sp³-hybridized carbons (Fsp3) is 0.333. The molecule has 1 N–H and O–H groups in total. The van der Waals surface area contributed by atoms with E-state index in [1.165, 1.54) is 0 Å². The Morgan fingerprint density at radius 2 is 1.68 bits per heavy atom. The van der Waals surface area contributed by atoms with Crippen LogP contribution in [0.25, 0.3) is 0 Å². The van der Waals surface area contributed by atoms with Crippen molar-refractivity contribution in [1.29, 1.82) is 0 Å². The lowest BCUT2D eigenvalue weighted by Gasteiger charge is -2.25. The standard InChI is InChI=1S/C9H7F3N2O5/c1-8(15,9(10,11)12)5-3-2-4-6(13(16)17)7(5)14(18)19/h2-4,15H,1H3. The lowest BCUT2D eigenvalue weighted by atomic mass is 9.93. The quantitative estimate of drug-likeness (QED) is 0.675. The fourth-order valence-electron chi connectivity index (χ4n) is 1.42. The smallest absolute Gasteiger partial charge is 0.376 e. The van der Waals surface area contributed by atoms with Crippen LogP contribution in [0.3, 0.4) is 0 Å². The first-order chi connectivity index (χ1) is 8.50. The molecule has 0 saturated carbocycles. The van der Waals surface area contributed by atoms with Crippen LogP contribution in [0.4, 0.5) is 24.5 Å². The van der Waals surface area contributed by atoms with Gasteiger partial charge in [-0.2, -0.15) is 13.2 Å². The summed E-state index contributed by atoms with van der Waals surface area (Å²) >= 11 is 0. The van der Waals surface area contributed by atoms with Crippen molar-refractivity contribution in [3.05, 3.63) is 44.0 Å². The molecule has 1 atom stereocenters. The molecule has 10 heteroatoms. The molecular formula is C9H7F3N2O5. The van der Waals surface area contributed by atoms with Gasteiger partial charge >= 0.3 is 17.6 Å². The molecule has 7 nitrogen and oxygen atoms in total. The van der Waals surface area contributed by atoms with E-state index in [1.807, 2.05) is 0 Å². The average Bonchev–Trinajstić information content (AvgIpc) is 2.26. The zero-order valence-corrected chi connectivity index (χ0v) is 9.34. The summed E-state index contributed by atoms with van der Waals surface area (Å²) in [4.78, 5) is 18.8. The van der Waals surface area contributed by atoms with Gasteiger partial charge in [-0.3, -0.25) is 20.2 Å². The Kier molecular flexibility index (Phi) is 3.48. The summed E-state index contributed by atoms with van der Waals surface area (Å²) in [5.41, 5.74) is -7.25. The summed E-state index contributed by atoms with van der Waals surface area (Å²) < 4.78 is 38.0. The second-order valence-electron chi connectivity index (χ2n) is 3.76. The highest BCUT2D eigenvalue weighted by Gasteiger charge is 2.55. The maximum atomic E-state index is 12.7. The largest absolute Gasteiger partial charge is 0.421 e. The van der Waals surface area contributed by atoms with Crippen LogP contribution in [0.5, 0.6) is 0 Å². The lowest BCUT2D eigenvalue weighted by Crippen LogP contribution is -2.39. The number of nitro groups is 2. The number of para-hydroxylation sites is 1. The molecule has 0 spiro atoms. The van der Waals surface area contributed by atoms with Gasteiger partial charge in [-0.1, -0.05) is 6.07 Å². The number of alkyl halides is 3. The molecule has 0 amide bonds. The van der Waals surface area contributed by atoms with E-state index in [-0.39, 0.29) is 0 Å². The van der Waals surface area contributed by atoms with Crippen LogP contribution in [0.15, 0.2) is 18.2 Å². The van der Waals surface area contributed by atoms with E-state index in [9.17, 15) is 38.5 Å². The number of rotatable bonds is 3. The number of nitrogens with zero attached hydrogens (tertiary/aromatic N) is 2. The average molecular weight is 280 g/mol. The summed E-state index contributed by atoms with van der Waals surface area (Å²) in [6.45, 7) is 0.291. The second-order valence-corrected chi connectivity index (χ2v) is 3.76. The molecule has 0 bridgehead atoms. The van der Waals surface area contributed by atoms with Gasteiger partial charge in [0.05, 0.1) is 15.4 Å². The van der Waals surface area contributed by atoms with E-state index in [1.54, 1.807) is 0 Å². The molecule has 1 aromatic rings. The zero-order valence-electron chi connectivity index (χ0n) is 9.34. The predicted molar refractivity (Wildman–Crippen MR) is 55.4 cm³/mol. The van der Waals surface area contributed by atoms with Crippen molar-refractivity contribution in [1.82, 2.24) is 0 Å². The maximum Gasteiger partial charge on any atom is 0.421 e. The van der Waals surface area contributed by atoms with Crippen LogP contribution >= 0.6 is 0 Å². The molecule has 0 aliphatic rings. The Hall–Kier alpha value is -2.23. The number of halogens is 3. The molecule has 1 rings (SSSR count). The van der Waals surface area contributed by atoms with Gasteiger partial charge in [0.15, 0.2) is 5.60 Å². The molecule has 0 heterocycles. The third-order valence-electron chi connectivity index (χ3n) is 2.47. The first kappa shape index (κ1) is 14.8. The SMILES string of the molecule is CC(O)(c1cccc([N+](=O)[O-])c1[N+](=O)[O-])C(F)(F)F. The molecule has 0 aliphatic carbocycles. The molecule has 0 fully saturated rings. The first-order valence-electron chi connectivity index (χ1n) is 4.71. The first-order valence-corrected chi connectivity index (χ1v) is 4.71. The molecule has 104 valence electrons. The molecule has 1 unspecified atom stereocenters. The molecule has 0 radical (unpaired) electrons. The van der Waals surface area contributed by atoms with E-state index in [2.05, 4.69) is 0 Å². The lowest BCUT2D eigenvalue weighted by molar-refractivity contribution is -0.424. The van der Waals surface area contributed by atoms with E-state index in [4.69, 9.17) is 0 Å². The summed E-state index contributed by atoms with van der Waals surface area (Å²) in [5.74, 6) is 0. The Labute approximate surface area is 103 Å². The third kappa shape index (κ3) is 2.47. The van der Waals surface area contributed by atoms with Gasteiger partial charge < -0.3 is 5.11 Å². The zero-order chi connectivity index (χ0) is 15.0. The van der Waals surface area contributed by atoms with E-state index < -0.39 is 38.6 Å². The normalized spacial score (nSPS) is 14.8. The molecule has 1 aromatic carbocycles. The topological polar surface area (TPSA) is 107 Å². The maximum absolute atomic E-state index is 12.7. The van der Waals surface area contributed by atoms with Crippen LogP contribution in [0.1, 0.15) is 12.5 Å². The predicted octanol–water partition coefficient (Wildman–Crippen LogP) is 2.27. The number of aliphatic hydroxyl groups is 1. The minimum absolute atomic E-state index is 0.291. The van der Waals surface area contributed by atoms with Gasteiger partial charge in [-0.25, -0.2) is 0 Å². The summed E-state index contributed by atoms with van der Waals surface area (Å²) in [6.07, 6.45) is -5.22. The van der Waals surface area contributed by atoms with E-state index in [0.29, 0.717) is 19.1 Å². The van der Waals surface area contributed by atoms with Gasteiger partial charge in [0.25, 0.3) is 0 Å². The highest BCUT2D eigenvalue weighted by molar-refractivity contribution is 5.59. The third-order valence-corrected chi connectivity index (χ3v) is 2.47. The van der Waals surface area contributed by atoms with Crippen molar-refractivity contribution in [3.8, 4) is 0 Å². The molecular weight excluding hydrogens is 273 g/mol. The second kappa shape index (κ2) is 4.46. The van der Waals surface area contributed by atoms with Gasteiger partial charge in [0.2, 0.25) is 0 Å². The fourth-order valence-corrected chi connectivity index (χ4v) is 1.42. The highest BCUT2D eigenvalue weighted by Crippen LogP contribution is 2.44. The van der Waals surface area contributed by atoms with Gasteiger partial charge in [0, 0.05) is 6.07 Å². The molecule has 0 saturated heterocycles. The minimum Gasteiger partial charge on any atom is -0.376 e. The van der Waals surface area contributed by atoms with Crippen LogP contribution in [-0.2, 0) is 5.60 Å². The highest BCUT2D eigenvalue weighted by atomic mass is 19.4. The van der Waals surface area contributed by atoms with E-state index >= 15 is 0 Å². The molecule has 0 aromatic heterocycles. The Balaban J connectivity index is 3.67. The van der Waals surface area contributed by atoms with Crippen LogP contribution in [-0.4, -0.2) is 21.1 Å². The summed E-state index contributed by atoms with van der Waals surface area (Å²) in [5, 5.41) is 30.7. The number of hydrogen-bond acceptors (Lipinski definition) is 5. The number of hydrogen-bond donors (Lipinski definition) is 1. The number of nitro benzene ring substituents is 2. The summed E-state index contributed by atoms with van der Waals surface area (Å²) in [7, 11) is 0. The number of benzene rings is 1.